The molecule has 0 N–H and O–H groups in total. The third-order valence-electron chi connectivity index (χ3n) is 4.27. The summed E-state index contributed by atoms with van der Waals surface area (Å²) >= 11 is 0. The summed E-state index contributed by atoms with van der Waals surface area (Å²) in [5.74, 6) is -0.398. The van der Waals surface area contributed by atoms with Gasteiger partial charge in [0.05, 0.1) is 12.0 Å². The second kappa shape index (κ2) is 5.75. The molecule has 2 saturated heterocycles. The van der Waals surface area contributed by atoms with Gasteiger partial charge in [0.15, 0.2) is 11.7 Å². The van der Waals surface area contributed by atoms with Gasteiger partial charge in [-0.3, -0.25) is 9.59 Å². The summed E-state index contributed by atoms with van der Waals surface area (Å²) in [6.45, 7) is 6.08. The molecule has 1 aromatic heterocycles. The van der Waals surface area contributed by atoms with E-state index in [2.05, 4.69) is 10.1 Å². The SMILES string of the molecule is CC(C)=C(F)C(=O)N1CC(N2CC(c3nc(C)no3)CC2=O)C1. The van der Waals surface area contributed by atoms with E-state index >= 15 is 0 Å². The zero-order chi connectivity index (χ0) is 16.7. The Hall–Kier alpha value is -2.25. The molecule has 0 aliphatic carbocycles. The smallest absolute Gasteiger partial charge is 0.282 e. The Bertz CT molecular complexity index is 674. The van der Waals surface area contributed by atoms with Crippen molar-refractivity contribution >= 4 is 11.8 Å². The lowest BCUT2D eigenvalue weighted by atomic mass is 10.1. The van der Waals surface area contributed by atoms with Gasteiger partial charge in [0, 0.05) is 26.1 Å². The van der Waals surface area contributed by atoms with Crippen molar-refractivity contribution in [2.75, 3.05) is 19.6 Å². The summed E-state index contributed by atoms with van der Waals surface area (Å²) in [7, 11) is 0. The summed E-state index contributed by atoms with van der Waals surface area (Å²) < 4.78 is 18.8. The summed E-state index contributed by atoms with van der Waals surface area (Å²) in [4.78, 5) is 31.3. The maximum absolute atomic E-state index is 13.6. The minimum Gasteiger partial charge on any atom is -0.339 e. The number of hydrogen-bond acceptors (Lipinski definition) is 5. The Labute approximate surface area is 133 Å². The van der Waals surface area contributed by atoms with Gasteiger partial charge in [-0.1, -0.05) is 5.16 Å². The number of hydrogen-bond donors (Lipinski definition) is 0. The maximum Gasteiger partial charge on any atom is 0.282 e. The van der Waals surface area contributed by atoms with Crippen LogP contribution in [0.5, 0.6) is 0 Å². The van der Waals surface area contributed by atoms with E-state index in [1.165, 1.54) is 4.90 Å². The van der Waals surface area contributed by atoms with E-state index in [1.807, 2.05) is 0 Å². The largest absolute Gasteiger partial charge is 0.339 e. The third-order valence-corrected chi connectivity index (χ3v) is 4.27. The quantitative estimate of drug-likeness (QED) is 0.781. The number of carbonyl (C=O) groups is 2. The van der Waals surface area contributed by atoms with Crippen LogP contribution in [0.2, 0.25) is 0 Å². The van der Waals surface area contributed by atoms with Gasteiger partial charge in [0.2, 0.25) is 11.8 Å². The molecule has 1 aromatic rings. The van der Waals surface area contributed by atoms with Crippen LogP contribution in [-0.2, 0) is 9.59 Å². The van der Waals surface area contributed by atoms with Crippen molar-refractivity contribution in [2.45, 2.75) is 39.2 Å². The molecule has 124 valence electrons. The fourth-order valence-electron chi connectivity index (χ4n) is 2.90. The van der Waals surface area contributed by atoms with Gasteiger partial charge in [0.1, 0.15) is 0 Å². The number of nitrogens with zero attached hydrogens (tertiary/aromatic N) is 4. The van der Waals surface area contributed by atoms with Crippen molar-refractivity contribution in [1.29, 1.82) is 0 Å². The normalized spacial score (nSPS) is 21.6. The van der Waals surface area contributed by atoms with E-state index in [4.69, 9.17) is 4.52 Å². The first kappa shape index (κ1) is 15.6. The molecule has 2 amide bonds. The van der Waals surface area contributed by atoms with E-state index < -0.39 is 11.7 Å². The Morgan fingerprint density at radius 1 is 1.30 bits per heavy atom. The van der Waals surface area contributed by atoms with E-state index in [0.29, 0.717) is 43.3 Å². The monoisotopic (exact) mass is 322 g/mol. The highest BCUT2D eigenvalue weighted by atomic mass is 19.1. The van der Waals surface area contributed by atoms with Crippen molar-refractivity contribution in [3.8, 4) is 0 Å². The zero-order valence-electron chi connectivity index (χ0n) is 13.4. The van der Waals surface area contributed by atoms with Gasteiger partial charge in [-0.2, -0.15) is 4.98 Å². The number of allylic oxidation sites excluding steroid dienone is 1. The second-order valence-electron chi connectivity index (χ2n) is 6.30. The number of carbonyl (C=O) groups excluding carboxylic acids is 2. The van der Waals surface area contributed by atoms with Crippen molar-refractivity contribution in [3.63, 3.8) is 0 Å². The Balaban J connectivity index is 1.59. The lowest BCUT2D eigenvalue weighted by molar-refractivity contribution is -0.142. The number of halogens is 1. The van der Waals surface area contributed by atoms with E-state index in [1.54, 1.807) is 25.7 Å². The molecule has 3 rings (SSSR count). The van der Waals surface area contributed by atoms with Crippen LogP contribution >= 0.6 is 0 Å². The molecule has 7 nitrogen and oxygen atoms in total. The molecule has 2 aliphatic heterocycles. The molecule has 1 unspecified atom stereocenters. The lowest BCUT2D eigenvalue weighted by Crippen LogP contribution is -2.61. The topological polar surface area (TPSA) is 79.5 Å². The number of amides is 2. The first-order valence-electron chi connectivity index (χ1n) is 7.58. The maximum atomic E-state index is 13.6. The molecular weight excluding hydrogens is 303 g/mol. The van der Waals surface area contributed by atoms with Crippen LogP contribution in [0.4, 0.5) is 4.39 Å². The van der Waals surface area contributed by atoms with Crippen molar-refractivity contribution in [1.82, 2.24) is 19.9 Å². The number of aryl methyl sites for hydroxylation is 1. The number of aromatic nitrogens is 2. The highest BCUT2D eigenvalue weighted by Crippen LogP contribution is 2.31. The first-order chi connectivity index (χ1) is 10.9. The second-order valence-corrected chi connectivity index (χ2v) is 6.30. The van der Waals surface area contributed by atoms with Crippen LogP contribution in [0.25, 0.3) is 0 Å². The molecule has 0 radical (unpaired) electrons. The van der Waals surface area contributed by atoms with E-state index in [-0.39, 0.29) is 17.9 Å². The fraction of sp³-hybridized carbons (Fsp3) is 0.600. The van der Waals surface area contributed by atoms with Gasteiger partial charge in [-0.05, 0) is 26.3 Å². The molecule has 0 spiro atoms. The molecular formula is C15H19FN4O3. The molecule has 0 saturated carbocycles. The van der Waals surface area contributed by atoms with E-state index in [9.17, 15) is 14.0 Å². The number of likely N-dealkylation sites (tertiary alicyclic amines) is 2. The standard InChI is InChI=1S/C15H19FN4O3/c1-8(2)13(16)15(22)19-6-11(7-19)20-5-10(4-12(20)21)14-17-9(3)18-23-14/h10-11H,4-7H2,1-3H3. The van der Waals surface area contributed by atoms with Crippen molar-refractivity contribution in [2.24, 2.45) is 0 Å². The van der Waals surface area contributed by atoms with Crippen LogP contribution in [0.15, 0.2) is 15.9 Å². The average molecular weight is 322 g/mol. The van der Waals surface area contributed by atoms with Crippen LogP contribution in [0.3, 0.4) is 0 Å². The Kier molecular flexibility index (Phi) is 3.91. The minimum absolute atomic E-state index is 0.00522. The predicted molar refractivity (Wildman–Crippen MR) is 78.0 cm³/mol. The molecule has 8 heteroatoms. The predicted octanol–water partition coefficient (Wildman–Crippen LogP) is 1.17. The van der Waals surface area contributed by atoms with Crippen LogP contribution in [-0.4, -0.2) is 57.4 Å². The Morgan fingerprint density at radius 3 is 2.57 bits per heavy atom. The summed E-state index contributed by atoms with van der Waals surface area (Å²) in [6.07, 6.45) is 0.328. The number of rotatable bonds is 3. The summed E-state index contributed by atoms with van der Waals surface area (Å²) in [5, 5.41) is 3.75. The van der Waals surface area contributed by atoms with Gasteiger partial charge < -0.3 is 14.3 Å². The highest BCUT2D eigenvalue weighted by Gasteiger charge is 2.43. The molecule has 1 atom stereocenters. The van der Waals surface area contributed by atoms with Gasteiger partial charge in [-0.25, -0.2) is 4.39 Å². The van der Waals surface area contributed by atoms with Gasteiger partial charge in [0.25, 0.3) is 5.91 Å². The molecule has 0 aromatic carbocycles. The molecule has 23 heavy (non-hydrogen) atoms. The summed E-state index contributed by atoms with van der Waals surface area (Å²) in [6, 6.07) is -0.0644. The Morgan fingerprint density at radius 2 is 2.00 bits per heavy atom. The zero-order valence-corrected chi connectivity index (χ0v) is 13.4. The van der Waals surface area contributed by atoms with E-state index in [0.717, 1.165) is 0 Å². The summed E-state index contributed by atoms with van der Waals surface area (Å²) in [5.41, 5.74) is 0.363. The molecule has 3 heterocycles. The molecule has 2 aliphatic rings. The molecule has 2 fully saturated rings. The van der Waals surface area contributed by atoms with Gasteiger partial charge >= 0.3 is 0 Å². The molecule has 0 bridgehead atoms. The van der Waals surface area contributed by atoms with Gasteiger partial charge in [-0.15, -0.1) is 0 Å². The van der Waals surface area contributed by atoms with Crippen molar-refractivity contribution < 1.29 is 18.5 Å². The minimum atomic E-state index is -0.713. The average Bonchev–Trinajstić information content (AvgIpc) is 3.03. The lowest BCUT2D eigenvalue weighted by Gasteiger charge is -2.43. The first-order valence-corrected chi connectivity index (χ1v) is 7.58. The van der Waals surface area contributed by atoms with Crippen molar-refractivity contribution in [3.05, 3.63) is 23.1 Å². The van der Waals surface area contributed by atoms with Crippen LogP contribution < -0.4 is 0 Å². The third kappa shape index (κ3) is 2.85. The highest BCUT2D eigenvalue weighted by molar-refractivity contribution is 5.92. The fourth-order valence-corrected chi connectivity index (χ4v) is 2.90. The van der Waals surface area contributed by atoms with Crippen LogP contribution in [0, 0.1) is 6.92 Å². The van der Waals surface area contributed by atoms with Crippen LogP contribution in [0.1, 0.15) is 37.9 Å².